The maximum Gasteiger partial charge on any atom is 0.265 e. The van der Waals surface area contributed by atoms with Crippen LogP contribution in [0.4, 0.5) is 5.69 Å². The molecule has 1 N–H and O–H groups in total. The molecule has 3 aromatic carbocycles. The average molecular weight is 669 g/mol. The van der Waals surface area contributed by atoms with Gasteiger partial charge >= 0.3 is 0 Å². The quantitative estimate of drug-likeness (QED) is 0.261. The van der Waals surface area contributed by atoms with Crippen LogP contribution in [0.5, 0.6) is 23.0 Å². The Balaban J connectivity index is 2.19. The highest BCUT2D eigenvalue weighted by atomic mass is 35.5. The number of rotatable bonds is 14. The second-order valence-corrected chi connectivity index (χ2v) is 12.1. The molecule has 0 heterocycles. The standard InChI is InChI=1S/C30H35Cl2N3O8S/c1-7-33-30(37)19(2)34(17-20-8-9-21(31)14-24(20)32)29(36)18-35(25-15-22(40-3)10-12-26(25)41-4)44(38,39)23-11-13-27(42-5)28(16-23)43-6/h8-16,19H,7,17-18H2,1-6H3,(H,33,37). The van der Waals surface area contributed by atoms with Gasteiger partial charge in [0.25, 0.3) is 10.0 Å². The predicted molar refractivity (Wildman–Crippen MR) is 169 cm³/mol. The summed E-state index contributed by atoms with van der Waals surface area (Å²) in [5, 5.41) is 3.38. The summed E-state index contributed by atoms with van der Waals surface area (Å²) in [6, 6.07) is 12.4. The van der Waals surface area contributed by atoms with Crippen molar-refractivity contribution < 1.29 is 37.0 Å². The van der Waals surface area contributed by atoms with Crippen LogP contribution < -0.4 is 28.6 Å². The monoisotopic (exact) mass is 667 g/mol. The van der Waals surface area contributed by atoms with Crippen molar-refractivity contribution in [3.8, 4) is 23.0 Å². The van der Waals surface area contributed by atoms with Crippen LogP contribution in [0, 0.1) is 0 Å². The maximum absolute atomic E-state index is 14.3. The van der Waals surface area contributed by atoms with Crippen molar-refractivity contribution >= 4 is 50.7 Å². The maximum atomic E-state index is 14.3. The molecule has 0 aliphatic heterocycles. The number of carbonyl (C=O) groups excluding carboxylic acids is 2. The van der Waals surface area contributed by atoms with Gasteiger partial charge < -0.3 is 29.2 Å². The van der Waals surface area contributed by atoms with Crippen LogP contribution >= 0.6 is 23.2 Å². The largest absolute Gasteiger partial charge is 0.497 e. The van der Waals surface area contributed by atoms with E-state index in [1.165, 1.54) is 69.7 Å². The molecule has 11 nitrogen and oxygen atoms in total. The van der Waals surface area contributed by atoms with Gasteiger partial charge in [-0.15, -0.1) is 0 Å². The molecule has 0 radical (unpaired) electrons. The van der Waals surface area contributed by atoms with E-state index in [0.717, 1.165) is 4.31 Å². The number of nitrogens with zero attached hydrogens (tertiary/aromatic N) is 2. The van der Waals surface area contributed by atoms with Crippen LogP contribution in [0.2, 0.25) is 10.0 Å². The van der Waals surface area contributed by atoms with E-state index in [9.17, 15) is 18.0 Å². The third-order valence-corrected chi connectivity index (χ3v) is 9.09. The summed E-state index contributed by atoms with van der Waals surface area (Å²) < 4.78 is 51.0. The zero-order valence-corrected chi connectivity index (χ0v) is 27.5. The molecule has 238 valence electrons. The van der Waals surface area contributed by atoms with Gasteiger partial charge in [-0.05, 0) is 55.8 Å². The molecule has 0 bridgehead atoms. The van der Waals surface area contributed by atoms with Gasteiger partial charge in [-0.3, -0.25) is 13.9 Å². The van der Waals surface area contributed by atoms with Gasteiger partial charge in [-0.2, -0.15) is 0 Å². The molecule has 0 spiro atoms. The molecule has 44 heavy (non-hydrogen) atoms. The summed E-state index contributed by atoms with van der Waals surface area (Å²) in [6.07, 6.45) is 0. The lowest BCUT2D eigenvalue weighted by Crippen LogP contribution is -2.51. The number of ether oxygens (including phenoxy) is 4. The van der Waals surface area contributed by atoms with Gasteiger partial charge in [-0.1, -0.05) is 29.3 Å². The van der Waals surface area contributed by atoms with E-state index in [0.29, 0.717) is 28.6 Å². The van der Waals surface area contributed by atoms with Crippen molar-refractivity contribution in [1.29, 1.82) is 0 Å². The number of methoxy groups -OCH3 is 4. The summed E-state index contributed by atoms with van der Waals surface area (Å²) in [7, 11) is 1.14. The minimum atomic E-state index is -4.47. The number of sulfonamides is 1. The highest BCUT2D eigenvalue weighted by molar-refractivity contribution is 7.92. The Morgan fingerprint density at radius 1 is 0.864 bits per heavy atom. The molecule has 14 heteroatoms. The molecule has 1 unspecified atom stereocenters. The highest BCUT2D eigenvalue weighted by Crippen LogP contribution is 2.38. The van der Waals surface area contributed by atoms with E-state index in [2.05, 4.69) is 5.32 Å². The van der Waals surface area contributed by atoms with Crippen LogP contribution in [-0.4, -0.2) is 72.7 Å². The molecule has 0 fully saturated rings. The Bertz CT molecular complexity index is 1600. The summed E-state index contributed by atoms with van der Waals surface area (Å²) in [5.41, 5.74) is 0.541. The Labute approximate surface area is 267 Å². The zero-order valence-electron chi connectivity index (χ0n) is 25.2. The molecule has 0 aromatic heterocycles. The number of nitrogens with one attached hydrogen (secondary N) is 1. The number of benzene rings is 3. The Hall–Kier alpha value is -3.87. The lowest BCUT2D eigenvalue weighted by Gasteiger charge is -2.32. The molecule has 2 amide bonds. The van der Waals surface area contributed by atoms with Gasteiger partial charge in [-0.25, -0.2) is 8.42 Å². The minimum absolute atomic E-state index is 0.0325. The molecular weight excluding hydrogens is 633 g/mol. The lowest BCUT2D eigenvalue weighted by atomic mass is 10.1. The van der Waals surface area contributed by atoms with Gasteiger partial charge in [0.05, 0.1) is 39.0 Å². The normalized spacial score (nSPS) is 11.7. The highest BCUT2D eigenvalue weighted by Gasteiger charge is 2.34. The SMILES string of the molecule is CCNC(=O)C(C)N(Cc1ccc(Cl)cc1Cl)C(=O)CN(c1cc(OC)ccc1OC)S(=O)(=O)c1ccc(OC)c(OC)c1. The van der Waals surface area contributed by atoms with Crippen molar-refractivity contribution in [2.75, 3.05) is 45.8 Å². The molecule has 3 rings (SSSR count). The van der Waals surface area contributed by atoms with Crippen molar-refractivity contribution in [3.05, 3.63) is 70.2 Å². The number of halogens is 2. The third kappa shape index (κ3) is 7.79. The molecule has 0 saturated carbocycles. The summed E-state index contributed by atoms with van der Waals surface area (Å²) >= 11 is 12.5. The first kappa shape index (κ1) is 34.6. The van der Waals surface area contributed by atoms with Crippen molar-refractivity contribution in [1.82, 2.24) is 10.2 Å². The van der Waals surface area contributed by atoms with Gasteiger partial charge in [0.2, 0.25) is 11.8 Å². The fourth-order valence-corrected chi connectivity index (χ4v) is 6.25. The van der Waals surface area contributed by atoms with Crippen LogP contribution in [-0.2, 0) is 26.2 Å². The zero-order chi connectivity index (χ0) is 32.6. The van der Waals surface area contributed by atoms with Gasteiger partial charge in [0.1, 0.15) is 24.1 Å². The van der Waals surface area contributed by atoms with E-state index in [4.69, 9.17) is 42.1 Å². The van der Waals surface area contributed by atoms with Crippen molar-refractivity contribution in [3.63, 3.8) is 0 Å². The van der Waals surface area contributed by atoms with E-state index < -0.39 is 34.4 Å². The summed E-state index contributed by atoms with van der Waals surface area (Å²) in [6.45, 7) is 2.81. The summed E-state index contributed by atoms with van der Waals surface area (Å²) in [5.74, 6) is -0.160. The number of amides is 2. The Kier molecular flexibility index (Phi) is 12.0. The van der Waals surface area contributed by atoms with E-state index in [-0.39, 0.29) is 33.6 Å². The van der Waals surface area contributed by atoms with E-state index in [1.807, 2.05) is 0 Å². The van der Waals surface area contributed by atoms with Crippen molar-refractivity contribution in [2.24, 2.45) is 0 Å². The number of anilines is 1. The number of likely N-dealkylation sites (N-methyl/N-ethyl adjacent to an activating group) is 1. The third-order valence-electron chi connectivity index (χ3n) is 6.75. The van der Waals surface area contributed by atoms with Crippen LogP contribution in [0.15, 0.2) is 59.5 Å². The minimum Gasteiger partial charge on any atom is -0.497 e. The van der Waals surface area contributed by atoms with Crippen LogP contribution in [0.1, 0.15) is 19.4 Å². The molecule has 0 aliphatic carbocycles. The van der Waals surface area contributed by atoms with Crippen LogP contribution in [0.25, 0.3) is 0 Å². The van der Waals surface area contributed by atoms with Crippen molar-refractivity contribution in [2.45, 2.75) is 31.3 Å². The first-order chi connectivity index (χ1) is 20.9. The predicted octanol–water partition coefficient (Wildman–Crippen LogP) is 4.78. The van der Waals surface area contributed by atoms with E-state index >= 15 is 0 Å². The fourth-order valence-electron chi connectivity index (χ4n) is 4.35. The smallest absolute Gasteiger partial charge is 0.265 e. The molecule has 0 aliphatic rings. The second-order valence-electron chi connectivity index (χ2n) is 9.39. The Morgan fingerprint density at radius 2 is 1.52 bits per heavy atom. The van der Waals surface area contributed by atoms with Crippen LogP contribution in [0.3, 0.4) is 0 Å². The van der Waals surface area contributed by atoms with Gasteiger partial charge in [0, 0.05) is 35.3 Å². The number of hydrogen-bond acceptors (Lipinski definition) is 8. The first-order valence-electron chi connectivity index (χ1n) is 13.4. The Morgan fingerprint density at radius 3 is 2.11 bits per heavy atom. The lowest BCUT2D eigenvalue weighted by molar-refractivity contribution is -0.139. The average Bonchev–Trinajstić information content (AvgIpc) is 3.02. The molecule has 3 aromatic rings. The molecule has 1 atom stereocenters. The molecular formula is C30H35Cl2N3O8S. The van der Waals surface area contributed by atoms with Gasteiger partial charge in [0.15, 0.2) is 11.5 Å². The number of carbonyl (C=O) groups is 2. The van der Waals surface area contributed by atoms with E-state index in [1.54, 1.807) is 32.0 Å². The molecule has 0 saturated heterocycles. The number of hydrogen-bond donors (Lipinski definition) is 1. The second kappa shape index (κ2) is 15.2. The topological polar surface area (TPSA) is 124 Å². The summed E-state index contributed by atoms with van der Waals surface area (Å²) in [4.78, 5) is 28.2. The fraction of sp³-hybridized carbons (Fsp3) is 0.333. The first-order valence-corrected chi connectivity index (χ1v) is 15.6.